The van der Waals surface area contributed by atoms with Gasteiger partial charge in [0.25, 0.3) is 0 Å². The third-order valence-electron chi connectivity index (χ3n) is 2.34. The molecule has 0 fully saturated rings. The van der Waals surface area contributed by atoms with Crippen molar-refractivity contribution in [1.82, 2.24) is 0 Å². The Morgan fingerprint density at radius 2 is 2.00 bits per heavy atom. The highest BCUT2D eigenvalue weighted by Crippen LogP contribution is 2.27. The Bertz CT molecular complexity index is 299. The van der Waals surface area contributed by atoms with E-state index in [1.807, 2.05) is 24.3 Å². The van der Waals surface area contributed by atoms with Crippen molar-refractivity contribution in [3.05, 3.63) is 29.8 Å². The van der Waals surface area contributed by atoms with Crippen molar-refractivity contribution in [3.63, 3.8) is 0 Å². The maximum Gasteiger partial charge on any atom is 0.125 e. The van der Waals surface area contributed by atoms with Gasteiger partial charge >= 0.3 is 0 Å². The highest BCUT2D eigenvalue weighted by Gasteiger charge is 2.12. The van der Waals surface area contributed by atoms with Crippen LogP contribution in [0.1, 0.15) is 31.4 Å². The van der Waals surface area contributed by atoms with E-state index in [1.165, 1.54) is 0 Å². The summed E-state index contributed by atoms with van der Waals surface area (Å²) in [5.74, 6) is 0.771. The molecule has 1 rings (SSSR count). The fraction of sp³-hybridized carbons (Fsp3) is 0.538. The van der Waals surface area contributed by atoms with Crippen molar-refractivity contribution < 1.29 is 14.6 Å². The van der Waals surface area contributed by atoms with Crippen LogP contribution >= 0.6 is 0 Å². The summed E-state index contributed by atoms with van der Waals surface area (Å²) in [5, 5.41) is 9.97. The molecule has 0 aliphatic carbocycles. The molecule has 1 N–H and O–H groups in total. The molecule has 0 saturated heterocycles. The van der Waals surface area contributed by atoms with Crippen molar-refractivity contribution in [1.29, 1.82) is 0 Å². The Morgan fingerprint density at radius 1 is 1.25 bits per heavy atom. The van der Waals surface area contributed by atoms with Crippen molar-refractivity contribution in [2.24, 2.45) is 0 Å². The van der Waals surface area contributed by atoms with E-state index in [-0.39, 0.29) is 0 Å². The number of methoxy groups -OCH3 is 1. The summed E-state index contributed by atoms with van der Waals surface area (Å²) in [6.07, 6.45) is 1.03. The molecule has 1 atom stereocenters. The van der Waals surface area contributed by atoms with Gasteiger partial charge in [-0.05, 0) is 12.5 Å². The number of aliphatic hydroxyl groups excluding tert-OH is 1. The van der Waals surface area contributed by atoms with Gasteiger partial charge in [0.1, 0.15) is 5.75 Å². The molecule has 3 heteroatoms. The molecule has 16 heavy (non-hydrogen) atoms. The molecule has 1 unspecified atom stereocenters. The first kappa shape index (κ1) is 13.0. The lowest BCUT2D eigenvalue weighted by Gasteiger charge is -2.15. The SMILES string of the molecule is CCCOc1ccccc1C(O)CCOC. The van der Waals surface area contributed by atoms with Crippen LogP contribution in [-0.2, 0) is 4.74 Å². The summed E-state index contributed by atoms with van der Waals surface area (Å²) in [4.78, 5) is 0. The topological polar surface area (TPSA) is 38.7 Å². The molecule has 0 aromatic heterocycles. The van der Waals surface area contributed by atoms with Gasteiger partial charge in [-0.2, -0.15) is 0 Å². The third kappa shape index (κ3) is 3.83. The molecule has 1 aromatic carbocycles. The molecule has 0 amide bonds. The molecule has 0 saturated carbocycles. The van der Waals surface area contributed by atoms with Crippen LogP contribution in [0.25, 0.3) is 0 Å². The monoisotopic (exact) mass is 224 g/mol. The first-order valence-corrected chi connectivity index (χ1v) is 5.68. The minimum atomic E-state index is -0.520. The summed E-state index contributed by atoms with van der Waals surface area (Å²) in [6, 6.07) is 7.61. The zero-order valence-corrected chi connectivity index (χ0v) is 9.98. The van der Waals surface area contributed by atoms with Crippen LogP contribution in [0, 0.1) is 0 Å². The lowest BCUT2D eigenvalue weighted by molar-refractivity contribution is 0.108. The Kier molecular flexibility index (Phi) is 5.90. The van der Waals surface area contributed by atoms with E-state index in [4.69, 9.17) is 9.47 Å². The third-order valence-corrected chi connectivity index (χ3v) is 2.34. The fourth-order valence-corrected chi connectivity index (χ4v) is 1.48. The average molecular weight is 224 g/mol. The smallest absolute Gasteiger partial charge is 0.125 e. The number of benzene rings is 1. The predicted octanol–water partition coefficient (Wildman–Crippen LogP) is 2.55. The molecule has 0 aliphatic heterocycles. The minimum absolute atomic E-state index is 0.520. The van der Waals surface area contributed by atoms with Gasteiger partial charge in [-0.15, -0.1) is 0 Å². The standard InChI is InChI=1S/C13H20O3/c1-3-9-16-13-7-5-4-6-11(13)12(14)8-10-15-2/h4-7,12,14H,3,8-10H2,1-2H3. The van der Waals surface area contributed by atoms with Crippen LogP contribution in [0.3, 0.4) is 0 Å². The molecular formula is C13H20O3. The maximum atomic E-state index is 9.97. The van der Waals surface area contributed by atoms with Crippen molar-refractivity contribution in [2.45, 2.75) is 25.9 Å². The first-order chi connectivity index (χ1) is 7.79. The fourth-order valence-electron chi connectivity index (χ4n) is 1.48. The first-order valence-electron chi connectivity index (χ1n) is 5.68. The largest absolute Gasteiger partial charge is 0.493 e. The number of aliphatic hydroxyl groups is 1. The molecule has 90 valence electrons. The van der Waals surface area contributed by atoms with E-state index in [0.29, 0.717) is 19.6 Å². The molecule has 0 spiro atoms. The van der Waals surface area contributed by atoms with Crippen LogP contribution in [0.15, 0.2) is 24.3 Å². The van der Waals surface area contributed by atoms with Crippen molar-refractivity contribution in [2.75, 3.05) is 20.3 Å². The second kappa shape index (κ2) is 7.25. The molecule has 1 aromatic rings. The zero-order chi connectivity index (χ0) is 11.8. The molecule has 3 nitrogen and oxygen atoms in total. The average Bonchev–Trinajstić information content (AvgIpc) is 2.33. The van der Waals surface area contributed by atoms with Crippen LogP contribution in [0.2, 0.25) is 0 Å². The lowest BCUT2D eigenvalue weighted by Crippen LogP contribution is -2.05. The van der Waals surface area contributed by atoms with Crippen LogP contribution < -0.4 is 4.74 Å². The van der Waals surface area contributed by atoms with Gasteiger partial charge in [-0.1, -0.05) is 25.1 Å². The Labute approximate surface area is 97.0 Å². The van der Waals surface area contributed by atoms with E-state index in [9.17, 15) is 5.11 Å². The zero-order valence-electron chi connectivity index (χ0n) is 9.98. The van der Waals surface area contributed by atoms with E-state index in [2.05, 4.69) is 6.92 Å². The van der Waals surface area contributed by atoms with E-state index >= 15 is 0 Å². The van der Waals surface area contributed by atoms with Crippen molar-refractivity contribution in [3.8, 4) is 5.75 Å². The quantitative estimate of drug-likeness (QED) is 0.773. The second-order valence-electron chi connectivity index (χ2n) is 3.68. The molecule has 0 heterocycles. The number of hydrogen-bond acceptors (Lipinski definition) is 3. The summed E-state index contributed by atoms with van der Waals surface area (Å²) in [7, 11) is 1.63. The van der Waals surface area contributed by atoms with E-state index in [0.717, 1.165) is 17.7 Å². The normalized spacial score (nSPS) is 12.4. The Morgan fingerprint density at radius 3 is 2.69 bits per heavy atom. The highest BCUT2D eigenvalue weighted by atomic mass is 16.5. The van der Waals surface area contributed by atoms with Crippen molar-refractivity contribution >= 4 is 0 Å². The number of rotatable bonds is 7. The van der Waals surface area contributed by atoms with Gasteiger partial charge < -0.3 is 14.6 Å². The lowest BCUT2D eigenvalue weighted by atomic mass is 10.1. The predicted molar refractivity (Wildman–Crippen MR) is 63.7 cm³/mol. The van der Waals surface area contributed by atoms with Gasteiger partial charge in [-0.3, -0.25) is 0 Å². The van der Waals surface area contributed by atoms with Gasteiger partial charge in [0, 0.05) is 25.7 Å². The molecule has 0 radical (unpaired) electrons. The van der Waals surface area contributed by atoms with Gasteiger partial charge in [0.2, 0.25) is 0 Å². The van der Waals surface area contributed by atoms with Crippen LogP contribution in [0.5, 0.6) is 5.75 Å². The number of hydrogen-bond donors (Lipinski definition) is 1. The summed E-state index contributed by atoms with van der Waals surface area (Å²) in [5.41, 5.74) is 0.841. The second-order valence-corrected chi connectivity index (χ2v) is 3.68. The van der Waals surface area contributed by atoms with E-state index < -0.39 is 6.10 Å². The number of para-hydroxylation sites is 1. The van der Waals surface area contributed by atoms with Gasteiger partial charge in [-0.25, -0.2) is 0 Å². The highest BCUT2D eigenvalue weighted by molar-refractivity contribution is 5.35. The molecule has 0 bridgehead atoms. The van der Waals surface area contributed by atoms with Gasteiger partial charge in [0.15, 0.2) is 0 Å². The Hall–Kier alpha value is -1.06. The summed E-state index contributed by atoms with van der Waals surface area (Å²) < 4.78 is 10.5. The summed E-state index contributed by atoms with van der Waals surface area (Å²) >= 11 is 0. The summed E-state index contributed by atoms with van der Waals surface area (Å²) in [6.45, 7) is 3.28. The van der Waals surface area contributed by atoms with Gasteiger partial charge in [0.05, 0.1) is 12.7 Å². The number of ether oxygens (including phenoxy) is 2. The van der Waals surface area contributed by atoms with Crippen LogP contribution in [0.4, 0.5) is 0 Å². The Balaban J connectivity index is 2.68. The van der Waals surface area contributed by atoms with Crippen LogP contribution in [-0.4, -0.2) is 25.4 Å². The molecule has 0 aliphatic rings. The minimum Gasteiger partial charge on any atom is -0.493 e. The van der Waals surface area contributed by atoms with E-state index in [1.54, 1.807) is 7.11 Å². The maximum absolute atomic E-state index is 9.97. The molecular weight excluding hydrogens is 204 g/mol.